The summed E-state index contributed by atoms with van der Waals surface area (Å²) in [5, 5.41) is 2.11. The molecule has 0 N–H and O–H groups in total. The number of hydrogen-bond acceptors (Lipinski definition) is 1. The van der Waals surface area contributed by atoms with Crippen molar-refractivity contribution in [2.24, 2.45) is 0 Å². The molecule has 0 aliphatic heterocycles. The van der Waals surface area contributed by atoms with E-state index in [1.54, 1.807) is 0 Å². The van der Waals surface area contributed by atoms with Gasteiger partial charge in [-0.05, 0) is 55.3 Å². The highest BCUT2D eigenvalue weighted by atomic mass is 19.3. The average molecular weight is 337 g/mol. The first-order valence-electron chi connectivity index (χ1n) is 8.76. The Kier molecular flexibility index (Phi) is 3.82. The number of aryl methyl sites for hydroxylation is 2. The maximum Gasteiger partial charge on any atom is 0.248 e. The molecule has 128 valence electrons. The Bertz CT molecular complexity index is 926. The Hall–Kier alpha value is -2.29. The summed E-state index contributed by atoms with van der Waals surface area (Å²) in [6.45, 7) is 4.16. The number of pyridine rings is 1. The third-order valence-electron chi connectivity index (χ3n) is 5.14. The van der Waals surface area contributed by atoms with E-state index < -0.39 is 5.92 Å². The molecule has 1 unspecified atom stereocenters. The molecular weight excluding hydrogens is 316 g/mol. The van der Waals surface area contributed by atoms with E-state index in [9.17, 15) is 8.78 Å². The molecule has 3 heteroatoms. The summed E-state index contributed by atoms with van der Waals surface area (Å²) in [6.07, 6.45) is 2.40. The van der Waals surface area contributed by atoms with E-state index in [4.69, 9.17) is 0 Å². The first-order chi connectivity index (χ1) is 11.9. The van der Waals surface area contributed by atoms with Gasteiger partial charge in [0, 0.05) is 30.0 Å². The van der Waals surface area contributed by atoms with Crippen molar-refractivity contribution >= 4 is 10.8 Å². The first kappa shape index (κ1) is 16.2. The van der Waals surface area contributed by atoms with Crippen molar-refractivity contribution in [2.75, 3.05) is 0 Å². The van der Waals surface area contributed by atoms with E-state index in [1.807, 2.05) is 18.3 Å². The fraction of sp³-hybridized carbons (Fsp3) is 0.318. The second kappa shape index (κ2) is 5.91. The van der Waals surface area contributed by atoms with Gasteiger partial charge in [-0.1, -0.05) is 35.4 Å². The van der Waals surface area contributed by atoms with Crippen molar-refractivity contribution in [2.45, 2.75) is 45.0 Å². The van der Waals surface area contributed by atoms with Crippen LogP contribution in [0.15, 0.2) is 48.7 Å². The number of hydrogen-bond donors (Lipinski definition) is 0. The highest BCUT2D eigenvalue weighted by Gasteiger charge is 2.39. The normalized spacial score (nSPS) is 19.4. The van der Waals surface area contributed by atoms with Crippen molar-refractivity contribution in [1.82, 2.24) is 4.98 Å². The van der Waals surface area contributed by atoms with Crippen LogP contribution >= 0.6 is 0 Å². The molecule has 1 nitrogen and oxygen atoms in total. The monoisotopic (exact) mass is 337 g/mol. The van der Waals surface area contributed by atoms with E-state index in [0.29, 0.717) is 6.42 Å². The molecule has 1 atom stereocenters. The zero-order valence-corrected chi connectivity index (χ0v) is 14.5. The van der Waals surface area contributed by atoms with Gasteiger partial charge in [-0.2, -0.15) is 0 Å². The van der Waals surface area contributed by atoms with Crippen molar-refractivity contribution < 1.29 is 8.78 Å². The molecule has 0 saturated heterocycles. The Morgan fingerprint density at radius 2 is 1.72 bits per heavy atom. The van der Waals surface area contributed by atoms with E-state index in [-0.39, 0.29) is 18.8 Å². The summed E-state index contributed by atoms with van der Waals surface area (Å²) in [7, 11) is 0. The van der Waals surface area contributed by atoms with Crippen LogP contribution in [0.3, 0.4) is 0 Å². The van der Waals surface area contributed by atoms with Crippen LogP contribution in [-0.4, -0.2) is 10.9 Å². The molecule has 1 saturated carbocycles. The molecule has 1 aliphatic carbocycles. The number of nitrogens with zero attached hydrogens (tertiary/aromatic N) is 1. The van der Waals surface area contributed by atoms with Crippen molar-refractivity contribution in [3.05, 3.63) is 65.4 Å². The SMILES string of the molecule is Cc1cc(C)cc(-c2cc3cc(C4CCC(F)(F)C4)ccc3cn2)c1. The molecule has 0 amide bonds. The highest BCUT2D eigenvalue weighted by molar-refractivity contribution is 5.86. The number of fused-ring (bicyclic) bond motifs is 1. The summed E-state index contributed by atoms with van der Waals surface area (Å²) in [5.41, 5.74) is 5.45. The number of rotatable bonds is 2. The van der Waals surface area contributed by atoms with Gasteiger partial charge in [0.2, 0.25) is 5.92 Å². The van der Waals surface area contributed by atoms with Crippen molar-refractivity contribution in [1.29, 1.82) is 0 Å². The van der Waals surface area contributed by atoms with Gasteiger partial charge in [-0.3, -0.25) is 4.98 Å². The van der Waals surface area contributed by atoms with Crippen LogP contribution in [0.4, 0.5) is 8.78 Å². The minimum absolute atomic E-state index is 0.000131. The smallest absolute Gasteiger partial charge is 0.248 e. The number of aromatic nitrogens is 1. The van der Waals surface area contributed by atoms with Gasteiger partial charge in [0.15, 0.2) is 0 Å². The zero-order chi connectivity index (χ0) is 17.6. The lowest BCUT2D eigenvalue weighted by molar-refractivity contribution is 0.00777. The fourth-order valence-corrected chi connectivity index (χ4v) is 3.93. The lowest BCUT2D eigenvalue weighted by atomic mass is 9.94. The fourth-order valence-electron chi connectivity index (χ4n) is 3.93. The molecule has 0 radical (unpaired) electrons. The van der Waals surface area contributed by atoms with Gasteiger partial charge >= 0.3 is 0 Å². The quantitative estimate of drug-likeness (QED) is 0.525. The minimum Gasteiger partial charge on any atom is -0.256 e. The van der Waals surface area contributed by atoms with Gasteiger partial charge < -0.3 is 0 Å². The third kappa shape index (κ3) is 3.28. The summed E-state index contributed by atoms with van der Waals surface area (Å²) < 4.78 is 27.1. The highest BCUT2D eigenvalue weighted by Crippen LogP contribution is 2.44. The maximum absolute atomic E-state index is 13.5. The lowest BCUT2D eigenvalue weighted by Crippen LogP contribution is -2.09. The summed E-state index contributed by atoms with van der Waals surface area (Å²) in [4.78, 5) is 4.59. The standard InChI is InChI=1S/C22H21F2N/c1-14-7-15(2)9-20(8-14)21-11-19-10-16(3-4-18(19)13-25-21)17-5-6-22(23,24)12-17/h3-4,7-11,13,17H,5-6,12H2,1-2H3. The van der Waals surface area contributed by atoms with Crippen LogP contribution in [0.1, 0.15) is 41.9 Å². The van der Waals surface area contributed by atoms with Crippen LogP contribution in [0.5, 0.6) is 0 Å². The van der Waals surface area contributed by atoms with Crippen LogP contribution in [0.25, 0.3) is 22.0 Å². The summed E-state index contributed by atoms with van der Waals surface area (Å²) >= 11 is 0. The predicted octanol–water partition coefficient (Wildman–Crippen LogP) is 6.42. The minimum atomic E-state index is -2.51. The Morgan fingerprint density at radius 1 is 0.960 bits per heavy atom. The first-order valence-corrected chi connectivity index (χ1v) is 8.76. The number of alkyl halides is 2. The topological polar surface area (TPSA) is 12.9 Å². The van der Waals surface area contributed by atoms with Gasteiger partial charge in [0.1, 0.15) is 0 Å². The van der Waals surface area contributed by atoms with Crippen LogP contribution in [0.2, 0.25) is 0 Å². The second-order valence-corrected chi connectivity index (χ2v) is 7.35. The lowest BCUT2D eigenvalue weighted by Gasteiger charge is -2.12. The van der Waals surface area contributed by atoms with E-state index >= 15 is 0 Å². The maximum atomic E-state index is 13.5. The van der Waals surface area contributed by atoms with Gasteiger partial charge in [0.25, 0.3) is 0 Å². The molecule has 0 spiro atoms. The molecule has 4 rings (SSSR count). The molecule has 1 aliphatic rings. The molecule has 0 bridgehead atoms. The third-order valence-corrected chi connectivity index (χ3v) is 5.14. The molecule has 3 aromatic rings. The molecule has 2 aromatic carbocycles. The van der Waals surface area contributed by atoms with Crippen LogP contribution in [-0.2, 0) is 0 Å². The Labute approximate surface area is 146 Å². The van der Waals surface area contributed by atoms with Gasteiger partial charge in [-0.25, -0.2) is 8.78 Å². The van der Waals surface area contributed by atoms with E-state index in [2.05, 4.69) is 49.2 Å². The Morgan fingerprint density at radius 3 is 2.40 bits per heavy atom. The summed E-state index contributed by atoms with van der Waals surface area (Å²) in [6, 6.07) is 14.5. The molecular formula is C22H21F2N. The van der Waals surface area contributed by atoms with E-state index in [1.165, 1.54) is 11.1 Å². The van der Waals surface area contributed by atoms with Crippen molar-refractivity contribution in [3.8, 4) is 11.3 Å². The largest absolute Gasteiger partial charge is 0.256 e. The predicted molar refractivity (Wildman–Crippen MR) is 98.2 cm³/mol. The van der Waals surface area contributed by atoms with Crippen LogP contribution < -0.4 is 0 Å². The van der Waals surface area contributed by atoms with Crippen molar-refractivity contribution in [3.63, 3.8) is 0 Å². The molecule has 1 fully saturated rings. The molecule has 1 aromatic heterocycles. The molecule has 1 heterocycles. The second-order valence-electron chi connectivity index (χ2n) is 7.35. The van der Waals surface area contributed by atoms with Gasteiger partial charge in [-0.15, -0.1) is 0 Å². The summed E-state index contributed by atoms with van der Waals surface area (Å²) in [5.74, 6) is -2.56. The van der Waals surface area contributed by atoms with Crippen LogP contribution in [0, 0.1) is 13.8 Å². The zero-order valence-electron chi connectivity index (χ0n) is 14.5. The number of benzene rings is 2. The van der Waals surface area contributed by atoms with Gasteiger partial charge in [0.05, 0.1) is 5.69 Å². The number of halogens is 2. The van der Waals surface area contributed by atoms with E-state index in [0.717, 1.165) is 27.6 Å². The molecule has 25 heavy (non-hydrogen) atoms. The Balaban J connectivity index is 1.74. The average Bonchev–Trinajstić information content (AvgIpc) is 2.93.